The molecule has 0 aromatic heterocycles. The van der Waals surface area contributed by atoms with Gasteiger partial charge in [0.25, 0.3) is 0 Å². The molecule has 6 rings (SSSR count). The summed E-state index contributed by atoms with van der Waals surface area (Å²) in [6, 6.07) is 0. The van der Waals surface area contributed by atoms with Crippen molar-refractivity contribution in [2.75, 3.05) is 20.3 Å². The van der Waals surface area contributed by atoms with Crippen molar-refractivity contribution in [3.63, 3.8) is 0 Å². The average Bonchev–Trinajstić information content (AvgIpc) is 3.44. The van der Waals surface area contributed by atoms with Gasteiger partial charge in [0.05, 0.1) is 31.5 Å². The maximum Gasteiger partial charge on any atom is 0.187 e. The molecule has 2 heterocycles. The Balaban J connectivity index is 1.25. The van der Waals surface area contributed by atoms with Crippen LogP contribution in [0.1, 0.15) is 93.9 Å². The highest BCUT2D eigenvalue weighted by Gasteiger charge is 2.70. The molecule has 2 saturated heterocycles. The lowest BCUT2D eigenvalue weighted by Gasteiger charge is -2.67. The maximum atomic E-state index is 12.2. The first-order valence-electron chi connectivity index (χ1n) is 21.1. The molecule has 57 heavy (non-hydrogen) atoms. The molecule has 0 amide bonds. The van der Waals surface area contributed by atoms with Crippen molar-refractivity contribution in [2.45, 2.75) is 180 Å². The first-order valence-corrected chi connectivity index (χ1v) is 21.1. The Morgan fingerprint density at radius 1 is 0.789 bits per heavy atom. The highest BCUT2D eigenvalue weighted by atomic mass is 16.7. The summed E-state index contributed by atoms with van der Waals surface area (Å²) in [4.78, 5) is 0. The van der Waals surface area contributed by atoms with Gasteiger partial charge in [-0.25, -0.2) is 0 Å². The van der Waals surface area contributed by atoms with E-state index in [2.05, 4.69) is 47.6 Å². The second-order valence-electron chi connectivity index (χ2n) is 19.9. The van der Waals surface area contributed by atoms with Gasteiger partial charge in [-0.1, -0.05) is 64.8 Å². The van der Waals surface area contributed by atoms with Gasteiger partial charge >= 0.3 is 0 Å². The van der Waals surface area contributed by atoms with Crippen molar-refractivity contribution < 1.29 is 69.6 Å². The smallest absolute Gasteiger partial charge is 0.187 e. The summed E-state index contributed by atoms with van der Waals surface area (Å²) in [7, 11) is 1.77. The fraction of sp³-hybridized carbons (Fsp3) is 0.907. The van der Waals surface area contributed by atoms with Crippen LogP contribution in [-0.2, 0) is 23.7 Å². The number of hydrogen-bond acceptors (Lipinski definition) is 14. The molecule has 14 nitrogen and oxygen atoms in total. The van der Waals surface area contributed by atoms with Gasteiger partial charge in [0.1, 0.15) is 54.9 Å². The molecule has 3 saturated carbocycles. The van der Waals surface area contributed by atoms with Gasteiger partial charge in [-0.2, -0.15) is 0 Å². The Hall–Kier alpha value is -1.08. The second-order valence-corrected chi connectivity index (χ2v) is 19.9. The summed E-state index contributed by atoms with van der Waals surface area (Å²) in [5.74, 6) is 0.261. The Labute approximate surface area is 337 Å². The van der Waals surface area contributed by atoms with Crippen LogP contribution in [0.4, 0.5) is 0 Å². The van der Waals surface area contributed by atoms with Crippen LogP contribution < -0.4 is 0 Å². The lowest BCUT2D eigenvalue weighted by atomic mass is 9.38. The summed E-state index contributed by atoms with van der Waals surface area (Å²) in [5, 5.41) is 94.9. The largest absolute Gasteiger partial charge is 0.394 e. The number of methoxy groups -OCH3 is 1. The van der Waals surface area contributed by atoms with E-state index < -0.39 is 92.2 Å². The topological polar surface area (TPSA) is 228 Å². The van der Waals surface area contributed by atoms with E-state index in [1.54, 1.807) is 13.2 Å². The zero-order valence-electron chi connectivity index (χ0n) is 35.3. The number of rotatable bonds is 11. The SMILES string of the molecule is CO[C@H]1C=C2[C@H](CC[C@H](O[C@@H]3O[C@H](CO)[C@@H](O)[C@@H](O)[C@H]3O)C2(C)C)[C@]2(C)CC[C@]3(C)[C@H]([C@H](C)[C@H](O)[C@H](C=C(C)C)O[C@@H]4O[C@H](CO)[C@@H](O)[C@@H](O)[C@H]4O)CC[C@@]3(C)[C@@H]12. The minimum atomic E-state index is -1.59. The number of hydrogen-bond donors (Lipinski definition) is 9. The molecule has 328 valence electrons. The maximum absolute atomic E-state index is 12.2. The third-order valence-corrected chi connectivity index (χ3v) is 16.4. The molecule has 14 heteroatoms. The summed E-state index contributed by atoms with van der Waals surface area (Å²) in [6.07, 6.45) is -7.08. The van der Waals surface area contributed by atoms with Gasteiger partial charge < -0.3 is 69.6 Å². The van der Waals surface area contributed by atoms with E-state index in [1.807, 2.05) is 13.8 Å². The van der Waals surface area contributed by atoms with Crippen LogP contribution in [0.3, 0.4) is 0 Å². The van der Waals surface area contributed by atoms with Crippen LogP contribution in [0.15, 0.2) is 23.3 Å². The van der Waals surface area contributed by atoms with Crippen molar-refractivity contribution in [3.8, 4) is 0 Å². The number of allylic oxidation sites excluding steroid dienone is 1. The summed E-state index contributed by atoms with van der Waals surface area (Å²) < 4.78 is 30.6. The Bertz CT molecular complexity index is 1460. The molecule has 9 N–H and O–H groups in total. The van der Waals surface area contributed by atoms with Gasteiger partial charge in [0.15, 0.2) is 12.6 Å². The van der Waals surface area contributed by atoms with Gasteiger partial charge in [0, 0.05) is 18.4 Å². The second kappa shape index (κ2) is 16.7. The zero-order valence-corrected chi connectivity index (χ0v) is 35.3. The standard InChI is InChI=1S/C43H72O14/c1-20(2)16-25(54-38-35(51)33(49)31(47)27(18-44)55-38)30(46)21(3)22-12-13-43(8)37-26(53-9)17-24-23(41(37,6)14-15-42(22,43)7)10-11-29(40(24,4)5)57-39-36(52)34(50)32(48)28(19-45)56-39/h16-17,21-23,25-39,44-52H,10-15,18-19H2,1-9H3/t21-,22-,23-,25-,26-,27+,28+,29-,30-,31+,32+,33+,34+,35+,36+,37-,38+,39-,41-,42+,43-/m0/s1. The van der Waals surface area contributed by atoms with Gasteiger partial charge in [-0.3, -0.25) is 0 Å². The lowest BCUT2D eigenvalue weighted by Crippen LogP contribution is -2.64. The number of ether oxygens (including phenoxy) is 5. The molecular formula is C43H72O14. The van der Waals surface area contributed by atoms with Crippen LogP contribution >= 0.6 is 0 Å². The third-order valence-electron chi connectivity index (χ3n) is 16.4. The third kappa shape index (κ3) is 7.43. The molecule has 0 spiro atoms. The predicted molar refractivity (Wildman–Crippen MR) is 207 cm³/mol. The molecule has 0 bridgehead atoms. The van der Waals surface area contributed by atoms with E-state index in [1.165, 1.54) is 5.57 Å². The zero-order chi connectivity index (χ0) is 42.2. The molecule has 2 aliphatic heterocycles. The number of aliphatic hydroxyl groups excluding tert-OH is 9. The fourth-order valence-electron chi connectivity index (χ4n) is 12.8. The van der Waals surface area contributed by atoms with Crippen molar-refractivity contribution in [3.05, 3.63) is 23.3 Å². The minimum absolute atomic E-state index is 0.107. The molecular weight excluding hydrogens is 740 g/mol. The predicted octanol–water partition coefficient (Wildman–Crippen LogP) is 1.55. The Morgan fingerprint density at radius 2 is 1.37 bits per heavy atom. The molecule has 0 unspecified atom stereocenters. The highest BCUT2D eigenvalue weighted by Crippen LogP contribution is 2.75. The minimum Gasteiger partial charge on any atom is -0.394 e. The Morgan fingerprint density at radius 3 is 1.93 bits per heavy atom. The van der Waals surface area contributed by atoms with E-state index in [4.69, 9.17) is 23.7 Å². The molecule has 4 aliphatic carbocycles. The number of aliphatic hydroxyl groups is 9. The molecule has 0 aromatic rings. The molecule has 5 fully saturated rings. The summed E-state index contributed by atoms with van der Waals surface area (Å²) in [6.45, 7) is 16.3. The van der Waals surface area contributed by atoms with Crippen LogP contribution in [0, 0.1) is 45.3 Å². The highest BCUT2D eigenvalue weighted by molar-refractivity contribution is 5.33. The van der Waals surface area contributed by atoms with Gasteiger partial charge in [0.2, 0.25) is 0 Å². The first kappa shape index (κ1) is 45.4. The summed E-state index contributed by atoms with van der Waals surface area (Å²) in [5.41, 5.74) is 1.16. The quantitative estimate of drug-likeness (QED) is 0.135. The van der Waals surface area contributed by atoms with E-state index in [9.17, 15) is 46.0 Å². The average molecular weight is 813 g/mol. The summed E-state index contributed by atoms with van der Waals surface area (Å²) >= 11 is 0. The van der Waals surface area contributed by atoms with E-state index in [0.29, 0.717) is 6.42 Å². The molecule has 0 aromatic carbocycles. The Kier molecular flexibility index (Phi) is 13.3. The van der Waals surface area contributed by atoms with Crippen LogP contribution in [-0.4, -0.2) is 152 Å². The lowest BCUT2D eigenvalue weighted by molar-refractivity contribution is -0.320. The van der Waals surface area contributed by atoms with Crippen molar-refractivity contribution >= 4 is 0 Å². The van der Waals surface area contributed by atoms with Crippen LogP contribution in [0.5, 0.6) is 0 Å². The van der Waals surface area contributed by atoms with Gasteiger partial charge in [-0.05, 0) is 86.4 Å². The van der Waals surface area contributed by atoms with E-state index >= 15 is 0 Å². The van der Waals surface area contributed by atoms with Crippen LogP contribution in [0.25, 0.3) is 0 Å². The van der Waals surface area contributed by atoms with Gasteiger partial charge in [-0.15, -0.1) is 0 Å². The van der Waals surface area contributed by atoms with Crippen molar-refractivity contribution in [1.29, 1.82) is 0 Å². The molecule has 0 radical (unpaired) electrons. The van der Waals surface area contributed by atoms with Crippen molar-refractivity contribution in [1.82, 2.24) is 0 Å². The van der Waals surface area contributed by atoms with E-state index in [-0.39, 0.29) is 52.1 Å². The molecule has 6 aliphatic rings. The fourth-order valence-corrected chi connectivity index (χ4v) is 12.8. The number of fused-ring (bicyclic) bond motifs is 5. The first-order chi connectivity index (χ1) is 26.6. The van der Waals surface area contributed by atoms with Crippen molar-refractivity contribution in [2.24, 2.45) is 45.3 Å². The normalized spacial score (nSPS) is 49.8. The monoisotopic (exact) mass is 812 g/mol. The van der Waals surface area contributed by atoms with E-state index in [0.717, 1.165) is 37.7 Å². The molecule has 21 atom stereocenters. The van der Waals surface area contributed by atoms with Crippen LogP contribution in [0.2, 0.25) is 0 Å².